The van der Waals surface area contributed by atoms with Crippen LogP contribution in [0.25, 0.3) is 0 Å². The topological polar surface area (TPSA) is 49.8 Å². The summed E-state index contributed by atoms with van der Waals surface area (Å²) in [5.74, 6) is 0. The van der Waals surface area contributed by atoms with Crippen molar-refractivity contribution in [3.05, 3.63) is 12.8 Å². The molecule has 0 fully saturated rings. The molecule has 0 bridgehead atoms. The van der Waals surface area contributed by atoms with Crippen LogP contribution in [0, 0.1) is 0 Å². The van der Waals surface area contributed by atoms with E-state index >= 15 is 0 Å². The van der Waals surface area contributed by atoms with Gasteiger partial charge in [-0.15, -0.1) is 0 Å². The first kappa shape index (κ1) is 7.97. The molecule has 0 aromatic heterocycles. The van der Waals surface area contributed by atoms with Gasteiger partial charge in [-0.2, -0.15) is 5.06 Å². The summed E-state index contributed by atoms with van der Waals surface area (Å²) in [7, 11) is 0. The van der Waals surface area contributed by atoms with Crippen LogP contribution >= 0.6 is 0 Å². The molecule has 4 heteroatoms. The van der Waals surface area contributed by atoms with E-state index in [9.17, 15) is 4.79 Å². The van der Waals surface area contributed by atoms with Crippen LogP contribution in [0.5, 0.6) is 0 Å². The van der Waals surface area contributed by atoms with Gasteiger partial charge >= 0.3 is 6.09 Å². The molecule has 0 aliphatic heterocycles. The lowest BCUT2D eigenvalue weighted by atomic mass is 10.7. The van der Waals surface area contributed by atoms with Crippen molar-refractivity contribution in [2.24, 2.45) is 0 Å². The van der Waals surface area contributed by atoms with Crippen molar-refractivity contribution in [3.8, 4) is 0 Å². The van der Waals surface area contributed by atoms with Gasteiger partial charge in [0.15, 0.2) is 0 Å². The molecule has 9 heavy (non-hydrogen) atoms. The minimum absolute atomic E-state index is 0.201. The summed E-state index contributed by atoms with van der Waals surface area (Å²) in [6.45, 7) is 4.95. The van der Waals surface area contributed by atoms with E-state index in [1.165, 1.54) is 0 Å². The predicted molar refractivity (Wildman–Crippen MR) is 30.8 cm³/mol. The number of carbonyl (C=O) groups is 1. The first-order valence-electron chi connectivity index (χ1n) is 2.50. The molecule has 52 valence electrons. The van der Waals surface area contributed by atoms with Gasteiger partial charge in [0.1, 0.15) is 0 Å². The van der Waals surface area contributed by atoms with Crippen LogP contribution in [0.2, 0.25) is 0 Å². The maximum absolute atomic E-state index is 10.4. The zero-order valence-electron chi connectivity index (χ0n) is 5.20. The number of carbonyl (C=O) groups excluding carboxylic acids is 1. The highest BCUT2D eigenvalue weighted by molar-refractivity contribution is 5.66. The van der Waals surface area contributed by atoms with Crippen LogP contribution < -0.4 is 0 Å². The molecule has 0 radical (unpaired) electrons. The summed E-state index contributed by atoms with van der Waals surface area (Å²) >= 11 is 0. The fourth-order valence-corrected chi connectivity index (χ4v) is 0.261. The van der Waals surface area contributed by atoms with Gasteiger partial charge < -0.3 is 4.74 Å². The van der Waals surface area contributed by atoms with Crippen molar-refractivity contribution in [3.63, 3.8) is 0 Å². The van der Waals surface area contributed by atoms with E-state index in [1.807, 2.05) is 0 Å². The molecule has 0 unspecified atom stereocenters. The molecule has 1 amide bonds. The molecule has 0 saturated heterocycles. The third-order valence-electron chi connectivity index (χ3n) is 0.694. The molecule has 0 aromatic rings. The smallest absolute Gasteiger partial charge is 0.417 e. The number of rotatable bonds is 2. The van der Waals surface area contributed by atoms with Crippen LogP contribution in [0.3, 0.4) is 0 Å². The number of ether oxygens (including phenoxy) is 1. The third kappa shape index (κ3) is 2.71. The molecule has 0 atom stereocenters. The summed E-state index contributed by atoms with van der Waals surface area (Å²) in [5.41, 5.74) is 0. The Morgan fingerprint density at radius 2 is 2.56 bits per heavy atom. The Morgan fingerprint density at radius 1 is 2.00 bits per heavy atom. The zero-order chi connectivity index (χ0) is 7.28. The van der Waals surface area contributed by atoms with Gasteiger partial charge in [-0.1, -0.05) is 6.58 Å². The van der Waals surface area contributed by atoms with Crippen molar-refractivity contribution in [1.82, 2.24) is 5.06 Å². The molecule has 0 aliphatic carbocycles. The first-order valence-corrected chi connectivity index (χ1v) is 2.50. The second kappa shape index (κ2) is 3.91. The van der Waals surface area contributed by atoms with Crippen molar-refractivity contribution < 1.29 is 14.7 Å². The van der Waals surface area contributed by atoms with E-state index in [0.29, 0.717) is 5.06 Å². The Kier molecular flexibility index (Phi) is 3.46. The van der Waals surface area contributed by atoms with Gasteiger partial charge in [0.2, 0.25) is 0 Å². The van der Waals surface area contributed by atoms with E-state index in [1.54, 1.807) is 6.92 Å². The van der Waals surface area contributed by atoms with Gasteiger partial charge in [0, 0.05) is 6.54 Å². The van der Waals surface area contributed by atoms with Crippen molar-refractivity contribution >= 4 is 6.09 Å². The maximum atomic E-state index is 10.4. The van der Waals surface area contributed by atoms with E-state index in [2.05, 4.69) is 11.3 Å². The molecule has 4 nitrogen and oxygen atoms in total. The average molecular weight is 131 g/mol. The second-order valence-corrected chi connectivity index (χ2v) is 1.27. The minimum atomic E-state index is -0.812. The van der Waals surface area contributed by atoms with Crippen molar-refractivity contribution in [1.29, 1.82) is 0 Å². The quantitative estimate of drug-likeness (QED) is 0.345. The lowest BCUT2D eigenvalue weighted by Crippen LogP contribution is -2.26. The molecular formula is C5H9NO3. The van der Waals surface area contributed by atoms with Crippen molar-refractivity contribution in [2.75, 3.05) is 6.54 Å². The maximum Gasteiger partial charge on any atom is 0.438 e. The Balaban J connectivity index is 3.58. The Morgan fingerprint density at radius 3 is 2.89 bits per heavy atom. The standard InChI is InChI=1S/C5H9NO3/c1-3-6(8)5(7)9-4-2/h4,8H,2-3H2,1H3. The number of amides is 1. The molecule has 0 rings (SSSR count). The van der Waals surface area contributed by atoms with Gasteiger partial charge in [-0.3, -0.25) is 5.21 Å². The fourth-order valence-electron chi connectivity index (χ4n) is 0.261. The van der Waals surface area contributed by atoms with E-state index in [0.717, 1.165) is 6.26 Å². The normalized spacial score (nSPS) is 8.22. The highest BCUT2D eigenvalue weighted by Crippen LogP contribution is 1.87. The lowest BCUT2D eigenvalue weighted by molar-refractivity contribution is -0.0610. The van der Waals surface area contributed by atoms with Gasteiger partial charge in [-0.25, -0.2) is 4.79 Å². The number of nitrogens with zero attached hydrogens (tertiary/aromatic N) is 1. The minimum Gasteiger partial charge on any atom is -0.417 e. The summed E-state index contributed by atoms with van der Waals surface area (Å²) in [5, 5.41) is 9.01. The van der Waals surface area contributed by atoms with E-state index in [-0.39, 0.29) is 6.54 Å². The third-order valence-corrected chi connectivity index (χ3v) is 0.694. The molecule has 0 aliphatic rings. The van der Waals surface area contributed by atoms with Gasteiger partial charge in [-0.05, 0) is 6.92 Å². The highest BCUT2D eigenvalue weighted by atomic mass is 16.6. The van der Waals surface area contributed by atoms with Crippen LogP contribution in [-0.2, 0) is 4.74 Å². The Bertz CT molecular complexity index is 113. The SMILES string of the molecule is C=COC(=O)N(O)CC. The molecular weight excluding hydrogens is 122 g/mol. The Hall–Kier alpha value is -1.03. The fraction of sp³-hybridized carbons (Fsp3) is 0.400. The van der Waals surface area contributed by atoms with Gasteiger partial charge in [0.25, 0.3) is 0 Å². The number of hydroxylamine groups is 2. The van der Waals surface area contributed by atoms with Crippen LogP contribution in [-0.4, -0.2) is 22.9 Å². The van der Waals surface area contributed by atoms with E-state index < -0.39 is 6.09 Å². The van der Waals surface area contributed by atoms with E-state index in [4.69, 9.17) is 5.21 Å². The monoisotopic (exact) mass is 131 g/mol. The summed E-state index contributed by atoms with van der Waals surface area (Å²) in [4.78, 5) is 10.4. The average Bonchev–Trinajstić information content (AvgIpc) is 1.87. The van der Waals surface area contributed by atoms with Crippen LogP contribution in [0.15, 0.2) is 12.8 Å². The predicted octanol–water partition coefficient (Wildman–Crippen LogP) is 0.978. The molecule has 0 aromatic carbocycles. The Labute approximate surface area is 53.3 Å². The molecule has 0 spiro atoms. The summed E-state index contributed by atoms with van der Waals surface area (Å²) in [6, 6.07) is 0. The second-order valence-electron chi connectivity index (χ2n) is 1.27. The summed E-state index contributed by atoms with van der Waals surface area (Å²) in [6.07, 6.45) is 0.147. The summed E-state index contributed by atoms with van der Waals surface area (Å²) < 4.78 is 4.20. The number of hydrogen-bond donors (Lipinski definition) is 1. The van der Waals surface area contributed by atoms with Crippen LogP contribution in [0.4, 0.5) is 4.79 Å². The zero-order valence-corrected chi connectivity index (χ0v) is 5.20. The van der Waals surface area contributed by atoms with Gasteiger partial charge in [0.05, 0.1) is 6.26 Å². The highest BCUT2D eigenvalue weighted by Gasteiger charge is 2.06. The largest absolute Gasteiger partial charge is 0.438 e. The first-order chi connectivity index (χ1) is 4.22. The number of hydrogen-bond acceptors (Lipinski definition) is 3. The van der Waals surface area contributed by atoms with Crippen LogP contribution in [0.1, 0.15) is 6.92 Å². The molecule has 0 heterocycles. The van der Waals surface area contributed by atoms with Crippen molar-refractivity contribution in [2.45, 2.75) is 6.92 Å². The lowest BCUT2D eigenvalue weighted by Gasteiger charge is -2.08. The molecule has 0 saturated carbocycles. The molecule has 1 N–H and O–H groups in total.